The van der Waals surface area contributed by atoms with E-state index in [0.29, 0.717) is 5.92 Å². The summed E-state index contributed by atoms with van der Waals surface area (Å²) in [6, 6.07) is 4.30. The lowest BCUT2D eigenvalue weighted by Gasteiger charge is -2.35. The maximum atomic E-state index is 6.44. The highest BCUT2D eigenvalue weighted by molar-refractivity contribution is 5.23. The van der Waals surface area contributed by atoms with Gasteiger partial charge in [-0.3, -0.25) is 4.98 Å². The molecule has 1 fully saturated rings. The van der Waals surface area contributed by atoms with Crippen molar-refractivity contribution in [1.29, 1.82) is 0 Å². The minimum absolute atomic E-state index is 0.165. The van der Waals surface area contributed by atoms with E-state index in [-0.39, 0.29) is 6.04 Å². The molecule has 1 heterocycles. The predicted octanol–water partition coefficient (Wildman–Crippen LogP) is 3.46. The third kappa shape index (κ3) is 2.68. The molecule has 2 heteroatoms. The molecule has 4 unspecified atom stereocenters. The van der Waals surface area contributed by atoms with E-state index in [9.17, 15) is 0 Å². The van der Waals surface area contributed by atoms with Crippen molar-refractivity contribution < 1.29 is 0 Å². The Morgan fingerprint density at radius 2 is 2.06 bits per heavy atom. The van der Waals surface area contributed by atoms with Gasteiger partial charge in [-0.15, -0.1) is 0 Å². The van der Waals surface area contributed by atoms with Crippen LogP contribution in [0.5, 0.6) is 0 Å². The molecule has 1 saturated carbocycles. The second-order valence-corrected chi connectivity index (χ2v) is 5.73. The van der Waals surface area contributed by atoms with Crippen molar-refractivity contribution in [2.45, 2.75) is 46.1 Å². The Bertz CT molecular complexity index is 375. The van der Waals surface area contributed by atoms with Crippen molar-refractivity contribution in [2.24, 2.45) is 23.5 Å². The van der Waals surface area contributed by atoms with Crippen LogP contribution in [0, 0.1) is 24.7 Å². The zero-order valence-corrected chi connectivity index (χ0v) is 11.2. The molecule has 0 saturated heterocycles. The van der Waals surface area contributed by atoms with E-state index in [4.69, 9.17) is 5.73 Å². The van der Waals surface area contributed by atoms with E-state index in [2.05, 4.69) is 31.8 Å². The summed E-state index contributed by atoms with van der Waals surface area (Å²) in [5, 5.41) is 0. The fourth-order valence-corrected chi connectivity index (χ4v) is 3.02. The lowest BCUT2D eigenvalue weighted by molar-refractivity contribution is 0.185. The van der Waals surface area contributed by atoms with Crippen molar-refractivity contribution in [3.05, 3.63) is 29.6 Å². The number of aryl methyl sites for hydroxylation is 1. The highest BCUT2D eigenvalue weighted by Gasteiger charge is 2.29. The molecule has 0 bridgehead atoms. The van der Waals surface area contributed by atoms with Crippen LogP contribution in [-0.2, 0) is 0 Å². The number of hydrogen-bond acceptors (Lipinski definition) is 2. The second-order valence-electron chi connectivity index (χ2n) is 5.73. The van der Waals surface area contributed by atoms with Gasteiger partial charge >= 0.3 is 0 Å². The average Bonchev–Trinajstić information content (AvgIpc) is 2.32. The Balaban J connectivity index is 2.10. The summed E-state index contributed by atoms with van der Waals surface area (Å²) in [4.78, 5) is 4.35. The Kier molecular flexibility index (Phi) is 3.82. The van der Waals surface area contributed by atoms with Gasteiger partial charge in [0, 0.05) is 17.9 Å². The third-order valence-electron chi connectivity index (χ3n) is 4.55. The maximum absolute atomic E-state index is 6.44. The molecule has 4 atom stereocenters. The molecule has 2 rings (SSSR count). The topological polar surface area (TPSA) is 38.9 Å². The fourth-order valence-electron chi connectivity index (χ4n) is 3.02. The van der Waals surface area contributed by atoms with Gasteiger partial charge in [-0.1, -0.05) is 26.3 Å². The molecule has 1 aromatic heterocycles. The summed E-state index contributed by atoms with van der Waals surface area (Å²) in [6.45, 7) is 6.78. The zero-order valence-electron chi connectivity index (χ0n) is 11.2. The first-order valence-electron chi connectivity index (χ1n) is 6.76. The Hall–Kier alpha value is -0.890. The molecule has 1 aliphatic rings. The van der Waals surface area contributed by atoms with Gasteiger partial charge in [-0.05, 0) is 49.1 Å². The van der Waals surface area contributed by atoms with Gasteiger partial charge in [0.15, 0.2) is 0 Å². The minimum Gasteiger partial charge on any atom is -0.324 e. The number of pyridine rings is 1. The van der Waals surface area contributed by atoms with Crippen LogP contribution in [0.3, 0.4) is 0 Å². The zero-order chi connectivity index (χ0) is 12.4. The Morgan fingerprint density at radius 3 is 2.71 bits per heavy atom. The highest BCUT2D eigenvalue weighted by Crippen LogP contribution is 2.39. The molecule has 1 aliphatic carbocycles. The molecule has 0 aliphatic heterocycles. The van der Waals surface area contributed by atoms with Crippen LogP contribution in [0.4, 0.5) is 0 Å². The highest BCUT2D eigenvalue weighted by atomic mass is 14.7. The van der Waals surface area contributed by atoms with Gasteiger partial charge in [-0.2, -0.15) is 0 Å². The van der Waals surface area contributed by atoms with Crippen LogP contribution >= 0.6 is 0 Å². The lowest BCUT2D eigenvalue weighted by Crippen LogP contribution is -2.30. The number of rotatable bonds is 2. The van der Waals surface area contributed by atoms with Crippen LogP contribution in [0.15, 0.2) is 18.3 Å². The Morgan fingerprint density at radius 1 is 1.29 bits per heavy atom. The van der Waals surface area contributed by atoms with Crippen LogP contribution in [0.2, 0.25) is 0 Å². The van der Waals surface area contributed by atoms with Crippen molar-refractivity contribution in [2.75, 3.05) is 0 Å². The first-order chi connectivity index (χ1) is 8.09. The van der Waals surface area contributed by atoms with E-state index < -0.39 is 0 Å². The second kappa shape index (κ2) is 5.18. The number of nitrogens with zero attached hydrogens (tertiary/aromatic N) is 1. The van der Waals surface area contributed by atoms with E-state index in [1.807, 2.05) is 12.3 Å². The summed E-state index contributed by atoms with van der Waals surface area (Å²) >= 11 is 0. The van der Waals surface area contributed by atoms with Crippen molar-refractivity contribution in [3.8, 4) is 0 Å². The van der Waals surface area contributed by atoms with E-state index >= 15 is 0 Å². The van der Waals surface area contributed by atoms with Gasteiger partial charge in [-0.25, -0.2) is 0 Å². The standard InChI is InChI=1S/C15H24N2/c1-10-6-7-13(9-11(10)2)15(16)14-5-4-8-17-12(14)3/h4-5,8,10-11,13,15H,6-7,9,16H2,1-3H3. The lowest BCUT2D eigenvalue weighted by atomic mass is 9.72. The smallest absolute Gasteiger partial charge is 0.0420 e. The number of nitrogens with two attached hydrogens (primary N) is 1. The molecular weight excluding hydrogens is 208 g/mol. The summed E-state index contributed by atoms with van der Waals surface area (Å²) in [5.41, 5.74) is 8.76. The summed E-state index contributed by atoms with van der Waals surface area (Å²) in [5.74, 6) is 2.29. The first kappa shape index (κ1) is 12.6. The SMILES string of the molecule is Cc1ncccc1C(N)C1CCC(C)C(C)C1. The van der Waals surface area contributed by atoms with Crippen LogP contribution < -0.4 is 5.73 Å². The summed E-state index contributed by atoms with van der Waals surface area (Å²) < 4.78 is 0. The fraction of sp³-hybridized carbons (Fsp3) is 0.667. The molecule has 2 nitrogen and oxygen atoms in total. The van der Waals surface area contributed by atoms with Crippen molar-refractivity contribution >= 4 is 0 Å². The number of hydrogen-bond donors (Lipinski definition) is 1. The molecule has 0 spiro atoms. The molecule has 0 radical (unpaired) electrons. The minimum atomic E-state index is 0.165. The van der Waals surface area contributed by atoms with Crippen molar-refractivity contribution in [1.82, 2.24) is 4.98 Å². The summed E-state index contributed by atoms with van der Waals surface area (Å²) in [7, 11) is 0. The third-order valence-corrected chi connectivity index (χ3v) is 4.55. The van der Waals surface area contributed by atoms with Crippen LogP contribution in [0.1, 0.15) is 50.4 Å². The maximum Gasteiger partial charge on any atom is 0.0420 e. The van der Waals surface area contributed by atoms with Crippen LogP contribution in [-0.4, -0.2) is 4.98 Å². The van der Waals surface area contributed by atoms with Gasteiger partial charge in [0.2, 0.25) is 0 Å². The molecule has 94 valence electrons. The molecule has 2 N–H and O–H groups in total. The number of aromatic nitrogens is 1. The first-order valence-corrected chi connectivity index (χ1v) is 6.76. The van der Waals surface area contributed by atoms with Gasteiger partial charge in [0.05, 0.1) is 0 Å². The average molecular weight is 232 g/mol. The molecule has 17 heavy (non-hydrogen) atoms. The molecule has 1 aromatic rings. The van der Waals surface area contributed by atoms with E-state index in [1.54, 1.807) is 0 Å². The van der Waals surface area contributed by atoms with Crippen molar-refractivity contribution in [3.63, 3.8) is 0 Å². The molecular formula is C15H24N2. The quantitative estimate of drug-likeness (QED) is 0.848. The summed E-state index contributed by atoms with van der Waals surface area (Å²) in [6.07, 6.45) is 5.69. The van der Waals surface area contributed by atoms with Crippen LogP contribution in [0.25, 0.3) is 0 Å². The Labute approximate surface area is 105 Å². The molecule has 0 aromatic carbocycles. The monoisotopic (exact) mass is 232 g/mol. The van der Waals surface area contributed by atoms with E-state index in [1.165, 1.54) is 24.8 Å². The normalized spacial score (nSPS) is 31.2. The van der Waals surface area contributed by atoms with E-state index in [0.717, 1.165) is 17.5 Å². The predicted molar refractivity (Wildman–Crippen MR) is 71.6 cm³/mol. The van der Waals surface area contributed by atoms with Gasteiger partial charge in [0.25, 0.3) is 0 Å². The largest absolute Gasteiger partial charge is 0.324 e. The van der Waals surface area contributed by atoms with Gasteiger partial charge < -0.3 is 5.73 Å². The molecule has 0 amide bonds. The van der Waals surface area contributed by atoms with Gasteiger partial charge in [0.1, 0.15) is 0 Å².